The van der Waals surface area contributed by atoms with Crippen LogP contribution in [0.5, 0.6) is 0 Å². The molecule has 0 aliphatic heterocycles. The summed E-state index contributed by atoms with van der Waals surface area (Å²) >= 11 is 0. The first-order valence-corrected chi connectivity index (χ1v) is 10.9. The number of oxazole rings is 1. The largest absolute Gasteiger partial charge is 0.435 e. The van der Waals surface area contributed by atoms with Gasteiger partial charge in [-0.05, 0) is 61.4 Å². The summed E-state index contributed by atoms with van der Waals surface area (Å²) in [6, 6.07) is 24.6. The minimum absolute atomic E-state index is 0.399. The molecule has 0 aliphatic carbocycles. The first kappa shape index (κ1) is 20.7. The summed E-state index contributed by atoms with van der Waals surface area (Å²) in [5, 5.41) is 14.8. The van der Waals surface area contributed by atoms with Crippen molar-refractivity contribution in [3.63, 3.8) is 0 Å². The third-order valence-electron chi connectivity index (χ3n) is 6.58. The van der Waals surface area contributed by atoms with Crippen LogP contribution in [0.1, 0.15) is 27.7 Å². The maximum Gasteiger partial charge on any atom is 0.310 e. The second-order valence-corrected chi connectivity index (χ2v) is 9.33. The lowest BCUT2D eigenvalue weighted by molar-refractivity contribution is -0.0893. The minimum atomic E-state index is -0.955. The Kier molecular flexibility index (Phi) is 4.84. The van der Waals surface area contributed by atoms with Crippen molar-refractivity contribution >= 4 is 45.6 Å². The van der Waals surface area contributed by atoms with Crippen molar-refractivity contribution in [3.8, 4) is 11.5 Å². The smallest absolute Gasteiger partial charge is 0.310 e. The molecule has 0 radical (unpaired) electrons. The monoisotopic (exact) mass is 423 g/mol. The Morgan fingerprint density at radius 2 is 1.53 bits per heavy atom. The number of benzene rings is 4. The Balaban J connectivity index is 1.59. The average molecular weight is 423 g/mol. The van der Waals surface area contributed by atoms with Crippen molar-refractivity contribution < 1.29 is 14.2 Å². The number of rotatable bonds is 5. The van der Waals surface area contributed by atoms with Crippen LogP contribution in [0.25, 0.3) is 44.1 Å². The van der Waals surface area contributed by atoms with Gasteiger partial charge in [-0.2, -0.15) is 0 Å². The lowest BCUT2D eigenvalue weighted by atomic mass is 9.80. The van der Waals surface area contributed by atoms with Crippen LogP contribution in [-0.4, -0.2) is 28.8 Å². The number of fused-ring (bicyclic) bond motifs is 4. The van der Waals surface area contributed by atoms with Crippen molar-refractivity contribution in [2.45, 2.75) is 38.9 Å². The third-order valence-corrected chi connectivity index (χ3v) is 6.58. The summed E-state index contributed by atoms with van der Waals surface area (Å²) < 4.78 is 12.4. The van der Waals surface area contributed by atoms with Crippen molar-refractivity contribution in [1.82, 2.24) is 4.98 Å². The van der Waals surface area contributed by atoms with E-state index in [1.54, 1.807) is 13.8 Å². The van der Waals surface area contributed by atoms with Crippen molar-refractivity contribution in [3.05, 3.63) is 72.8 Å². The Morgan fingerprint density at radius 3 is 2.34 bits per heavy atom. The van der Waals surface area contributed by atoms with Gasteiger partial charge in [-0.1, -0.05) is 60.7 Å². The predicted molar refractivity (Wildman–Crippen MR) is 133 cm³/mol. The summed E-state index contributed by atoms with van der Waals surface area (Å²) in [7, 11) is 0.399. The molecular formula is C27H26BNO3. The highest BCUT2D eigenvalue weighted by atomic mass is 16.5. The highest BCUT2D eigenvalue weighted by molar-refractivity contribution is 6.51. The van der Waals surface area contributed by atoms with Crippen LogP contribution < -0.4 is 5.46 Å². The van der Waals surface area contributed by atoms with Crippen LogP contribution in [0, 0.1) is 0 Å². The molecule has 5 aromatic rings. The van der Waals surface area contributed by atoms with Gasteiger partial charge in [0.2, 0.25) is 5.89 Å². The van der Waals surface area contributed by atoms with E-state index in [0.29, 0.717) is 13.4 Å². The molecule has 1 aromatic heterocycles. The molecule has 0 atom stereocenters. The van der Waals surface area contributed by atoms with Crippen molar-refractivity contribution in [2.24, 2.45) is 0 Å². The fourth-order valence-electron chi connectivity index (χ4n) is 3.89. The molecule has 0 spiro atoms. The van der Waals surface area contributed by atoms with E-state index in [-0.39, 0.29) is 0 Å². The van der Waals surface area contributed by atoms with Crippen LogP contribution in [0.2, 0.25) is 0 Å². The lowest BCUT2D eigenvalue weighted by Crippen LogP contribution is -2.49. The van der Waals surface area contributed by atoms with Crippen molar-refractivity contribution in [1.29, 1.82) is 0 Å². The molecule has 1 heterocycles. The Morgan fingerprint density at radius 1 is 0.812 bits per heavy atom. The van der Waals surface area contributed by atoms with Gasteiger partial charge in [0.1, 0.15) is 5.52 Å². The van der Waals surface area contributed by atoms with E-state index in [1.807, 2.05) is 50.2 Å². The number of hydrogen-bond donors (Lipinski definition) is 1. The quantitative estimate of drug-likeness (QED) is 0.388. The fraction of sp³-hybridized carbons (Fsp3) is 0.222. The van der Waals surface area contributed by atoms with E-state index >= 15 is 0 Å². The second kappa shape index (κ2) is 7.47. The topological polar surface area (TPSA) is 55.5 Å². The van der Waals surface area contributed by atoms with E-state index in [2.05, 4.69) is 36.4 Å². The van der Waals surface area contributed by atoms with Crippen LogP contribution in [0.3, 0.4) is 0 Å². The second-order valence-electron chi connectivity index (χ2n) is 9.33. The average Bonchev–Trinajstić information content (AvgIpc) is 3.21. The molecule has 0 aliphatic rings. The zero-order valence-electron chi connectivity index (χ0n) is 18.8. The molecule has 5 heteroatoms. The summed E-state index contributed by atoms with van der Waals surface area (Å²) in [5.41, 5.74) is 2.02. The molecule has 0 amide bonds. The molecular weight excluding hydrogens is 397 g/mol. The molecule has 0 saturated heterocycles. The maximum atomic E-state index is 10.4. The summed E-state index contributed by atoms with van der Waals surface area (Å²) in [4.78, 5) is 4.80. The zero-order chi connectivity index (χ0) is 22.5. The van der Waals surface area contributed by atoms with E-state index in [9.17, 15) is 5.11 Å². The number of nitrogens with zero attached hydrogens (tertiary/aromatic N) is 1. The molecule has 32 heavy (non-hydrogen) atoms. The van der Waals surface area contributed by atoms with Crippen LogP contribution in [0.4, 0.5) is 0 Å². The molecule has 0 unspecified atom stereocenters. The van der Waals surface area contributed by atoms with Gasteiger partial charge in [-0.15, -0.1) is 0 Å². The Hall–Kier alpha value is -3.15. The van der Waals surface area contributed by atoms with Crippen molar-refractivity contribution in [2.75, 3.05) is 0 Å². The molecule has 1 N–H and O–H groups in total. The van der Waals surface area contributed by atoms with Crippen LogP contribution in [-0.2, 0) is 4.65 Å². The summed E-state index contributed by atoms with van der Waals surface area (Å²) in [5.74, 6) is 0.608. The Bertz CT molecular complexity index is 1450. The van der Waals surface area contributed by atoms with Gasteiger partial charge in [0.25, 0.3) is 0 Å². The molecule has 0 bridgehead atoms. The first-order chi connectivity index (χ1) is 15.2. The molecule has 4 aromatic carbocycles. The third kappa shape index (κ3) is 3.48. The first-order valence-electron chi connectivity index (χ1n) is 10.9. The van der Waals surface area contributed by atoms with Gasteiger partial charge in [0, 0.05) is 10.9 Å². The van der Waals surface area contributed by atoms with E-state index in [4.69, 9.17) is 14.1 Å². The predicted octanol–water partition coefficient (Wildman–Crippen LogP) is 5.34. The number of hydrogen-bond acceptors (Lipinski definition) is 4. The highest BCUT2D eigenvalue weighted by Crippen LogP contribution is 2.33. The zero-order valence-corrected chi connectivity index (χ0v) is 18.8. The lowest BCUT2D eigenvalue weighted by Gasteiger charge is -2.37. The maximum absolute atomic E-state index is 10.4. The van der Waals surface area contributed by atoms with Crippen LogP contribution in [0.15, 0.2) is 77.2 Å². The summed E-state index contributed by atoms with van der Waals surface area (Å²) in [6.45, 7) is 7.36. The van der Waals surface area contributed by atoms with Crippen LogP contribution >= 0.6 is 0 Å². The fourth-order valence-corrected chi connectivity index (χ4v) is 3.89. The van der Waals surface area contributed by atoms with Gasteiger partial charge in [0.05, 0.1) is 11.2 Å². The standard InChI is InChI=1S/C27H26BNO3/c1-26(2,30)27(3,4)32-28-22-14-8-11-19-20(22)12-7-13-21(19)25-29-23-16-15-17-9-5-6-10-18(17)24(23)31-25/h5-16,28,30H,1-4H3. The molecule has 5 rings (SSSR count). The molecule has 0 fully saturated rings. The summed E-state index contributed by atoms with van der Waals surface area (Å²) in [6.07, 6.45) is 0. The SMILES string of the molecule is CC(C)(O)C(C)(C)OBc1cccc2c(-c3nc4ccc5ccccc5c4o3)cccc12. The van der Waals surface area contributed by atoms with E-state index in [1.165, 1.54) is 0 Å². The van der Waals surface area contributed by atoms with Gasteiger partial charge in [-0.3, -0.25) is 0 Å². The van der Waals surface area contributed by atoms with E-state index < -0.39 is 11.2 Å². The van der Waals surface area contributed by atoms with Gasteiger partial charge in [0.15, 0.2) is 5.58 Å². The number of aromatic nitrogens is 1. The van der Waals surface area contributed by atoms with Gasteiger partial charge >= 0.3 is 7.48 Å². The Labute approximate surface area is 188 Å². The minimum Gasteiger partial charge on any atom is -0.435 e. The highest BCUT2D eigenvalue weighted by Gasteiger charge is 2.35. The molecule has 4 nitrogen and oxygen atoms in total. The van der Waals surface area contributed by atoms with Gasteiger partial charge in [-0.25, -0.2) is 4.98 Å². The number of aliphatic hydroxyl groups is 1. The van der Waals surface area contributed by atoms with Gasteiger partial charge < -0.3 is 14.2 Å². The normalized spacial score (nSPS) is 12.7. The molecule has 160 valence electrons. The van der Waals surface area contributed by atoms with E-state index in [0.717, 1.165) is 43.7 Å². The molecule has 0 saturated carbocycles.